The number of rotatable bonds is 7. The SMILES string of the molecule is CN(C)[C@@H](CNc1ccc(CCN)cc1)c1ccccc1. The summed E-state index contributed by atoms with van der Waals surface area (Å²) in [5, 5.41) is 3.52. The zero-order valence-electron chi connectivity index (χ0n) is 12.9. The average Bonchev–Trinajstić information content (AvgIpc) is 2.50. The van der Waals surface area contributed by atoms with Crippen molar-refractivity contribution in [3.05, 3.63) is 65.7 Å². The molecule has 0 aromatic heterocycles. The Kier molecular flexibility index (Phi) is 5.78. The van der Waals surface area contributed by atoms with Gasteiger partial charge in [0.25, 0.3) is 0 Å². The molecule has 0 saturated heterocycles. The summed E-state index contributed by atoms with van der Waals surface area (Å²) in [6.45, 7) is 1.58. The Hall–Kier alpha value is -1.84. The highest BCUT2D eigenvalue weighted by molar-refractivity contribution is 5.45. The molecule has 0 heterocycles. The van der Waals surface area contributed by atoms with E-state index < -0.39 is 0 Å². The molecule has 0 aliphatic rings. The Morgan fingerprint density at radius 1 is 1.00 bits per heavy atom. The second-order valence-corrected chi connectivity index (χ2v) is 5.51. The van der Waals surface area contributed by atoms with Crippen LogP contribution in [0.2, 0.25) is 0 Å². The summed E-state index contributed by atoms with van der Waals surface area (Å²) in [7, 11) is 4.23. The molecule has 0 aliphatic heterocycles. The van der Waals surface area contributed by atoms with Crippen LogP contribution >= 0.6 is 0 Å². The number of anilines is 1. The molecule has 0 amide bonds. The molecule has 2 aromatic rings. The fraction of sp³-hybridized carbons (Fsp3) is 0.333. The highest BCUT2D eigenvalue weighted by Gasteiger charge is 2.13. The molecule has 1 atom stereocenters. The summed E-state index contributed by atoms with van der Waals surface area (Å²) in [4.78, 5) is 2.24. The fourth-order valence-electron chi connectivity index (χ4n) is 2.44. The Balaban J connectivity index is 1.99. The lowest BCUT2D eigenvalue weighted by Gasteiger charge is -2.25. The molecule has 0 aliphatic carbocycles. The smallest absolute Gasteiger partial charge is 0.0515 e. The number of likely N-dealkylation sites (N-methyl/N-ethyl adjacent to an activating group) is 1. The fourth-order valence-corrected chi connectivity index (χ4v) is 2.44. The second-order valence-electron chi connectivity index (χ2n) is 5.51. The van der Waals surface area contributed by atoms with E-state index in [1.807, 2.05) is 0 Å². The van der Waals surface area contributed by atoms with Crippen LogP contribution < -0.4 is 11.1 Å². The Morgan fingerprint density at radius 3 is 2.24 bits per heavy atom. The van der Waals surface area contributed by atoms with E-state index in [9.17, 15) is 0 Å². The third kappa shape index (κ3) is 4.59. The van der Waals surface area contributed by atoms with E-state index in [4.69, 9.17) is 5.73 Å². The Bertz CT molecular complexity index is 520. The molecule has 0 spiro atoms. The molecule has 112 valence electrons. The van der Waals surface area contributed by atoms with Crippen LogP contribution in [0.15, 0.2) is 54.6 Å². The van der Waals surface area contributed by atoms with Crippen molar-refractivity contribution < 1.29 is 0 Å². The number of hydrogen-bond donors (Lipinski definition) is 2. The van der Waals surface area contributed by atoms with Crippen molar-refractivity contribution >= 4 is 5.69 Å². The summed E-state index contributed by atoms with van der Waals surface area (Å²) in [5.41, 5.74) is 9.34. The number of nitrogens with zero attached hydrogens (tertiary/aromatic N) is 1. The molecule has 2 aromatic carbocycles. The minimum absolute atomic E-state index is 0.356. The zero-order chi connectivity index (χ0) is 15.1. The second kappa shape index (κ2) is 7.81. The highest BCUT2D eigenvalue weighted by atomic mass is 15.1. The first kappa shape index (κ1) is 15.5. The van der Waals surface area contributed by atoms with Gasteiger partial charge < -0.3 is 16.0 Å². The molecule has 0 unspecified atom stereocenters. The van der Waals surface area contributed by atoms with Gasteiger partial charge in [-0.25, -0.2) is 0 Å². The molecule has 3 heteroatoms. The van der Waals surface area contributed by atoms with Crippen molar-refractivity contribution in [2.75, 3.05) is 32.5 Å². The van der Waals surface area contributed by atoms with Crippen LogP contribution in [0.1, 0.15) is 17.2 Å². The predicted molar refractivity (Wildman–Crippen MR) is 90.6 cm³/mol. The van der Waals surface area contributed by atoms with Crippen LogP contribution in [-0.4, -0.2) is 32.1 Å². The van der Waals surface area contributed by atoms with Crippen LogP contribution in [0, 0.1) is 0 Å². The Labute approximate surface area is 127 Å². The van der Waals surface area contributed by atoms with Gasteiger partial charge in [0.05, 0.1) is 6.04 Å². The van der Waals surface area contributed by atoms with Gasteiger partial charge in [0.15, 0.2) is 0 Å². The molecule has 3 N–H and O–H groups in total. The molecule has 21 heavy (non-hydrogen) atoms. The van der Waals surface area contributed by atoms with Gasteiger partial charge in [0.2, 0.25) is 0 Å². The quantitative estimate of drug-likeness (QED) is 0.821. The van der Waals surface area contributed by atoms with Gasteiger partial charge in [0, 0.05) is 12.2 Å². The molecular formula is C18H25N3. The number of nitrogens with one attached hydrogen (secondary N) is 1. The third-order valence-electron chi connectivity index (χ3n) is 3.69. The van der Waals surface area contributed by atoms with E-state index in [1.165, 1.54) is 11.1 Å². The van der Waals surface area contributed by atoms with E-state index in [-0.39, 0.29) is 0 Å². The van der Waals surface area contributed by atoms with E-state index in [2.05, 4.69) is 78.9 Å². The van der Waals surface area contributed by atoms with Crippen molar-refractivity contribution in [2.45, 2.75) is 12.5 Å². The lowest BCUT2D eigenvalue weighted by molar-refractivity contribution is 0.312. The normalized spacial score (nSPS) is 12.4. The van der Waals surface area contributed by atoms with E-state index in [1.54, 1.807) is 0 Å². The van der Waals surface area contributed by atoms with Gasteiger partial charge in [-0.05, 0) is 50.3 Å². The lowest BCUT2D eigenvalue weighted by atomic mass is 10.1. The number of hydrogen-bond acceptors (Lipinski definition) is 3. The van der Waals surface area contributed by atoms with Crippen molar-refractivity contribution in [3.63, 3.8) is 0 Å². The molecule has 0 fully saturated rings. The monoisotopic (exact) mass is 283 g/mol. The van der Waals surface area contributed by atoms with Gasteiger partial charge in [-0.15, -0.1) is 0 Å². The van der Waals surface area contributed by atoms with Gasteiger partial charge >= 0.3 is 0 Å². The number of benzene rings is 2. The third-order valence-corrected chi connectivity index (χ3v) is 3.69. The van der Waals surface area contributed by atoms with E-state index in [0.29, 0.717) is 12.6 Å². The van der Waals surface area contributed by atoms with Crippen molar-refractivity contribution in [2.24, 2.45) is 5.73 Å². The maximum atomic E-state index is 5.57. The first-order valence-corrected chi connectivity index (χ1v) is 7.45. The van der Waals surface area contributed by atoms with Gasteiger partial charge in [-0.3, -0.25) is 0 Å². The van der Waals surface area contributed by atoms with Crippen LogP contribution in [0.3, 0.4) is 0 Å². The zero-order valence-corrected chi connectivity index (χ0v) is 12.9. The minimum atomic E-state index is 0.356. The molecule has 0 bridgehead atoms. The average molecular weight is 283 g/mol. The van der Waals surface area contributed by atoms with E-state index in [0.717, 1.165) is 18.7 Å². The predicted octanol–water partition coefficient (Wildman–Crippen LogP) is 2.90. The topological polar surface area (TPSA) is 41.3 Å². The molecule has 3 nitrogen and oxygen atoms in total. The van der Waals surface area contributed by atoms with Crippen molar-refractivity contribution in [1.29, 1.82) is 0 Å². The minimum Gasteiger partial charge on any atom is -0.383 e. The molecule has 0 radical (unpaired) electrons. The van der Waals surface area contributed by atoms with Crippen molar-refractivity contribution in [3.8, 4) is 0 Å². The summed E-state index contributed by atoms with van der Waals surface area (Å²) in [6, 6.07) is 19.5. The summed E-state index contributed by atoms with van der Waals surface area (Å²) in [5.74, 6) is 0. The van der Waals surface area contributed by atoms with Gasteiger partial charge in [-0.2, -0.15) is 0 Å². The lowest BCUT2D eigenvalue weighted by Crippen LogP contribution is -2.26. The Morgan fingerprint density at radius 2 is 1.67 bits per heavy atom. The summed E-state index contributed by atoms with van der Waals surface area (Å²) >= 11 is 0. The molecule has 0 saturated carbocycles. The largest absolute Gasteiger partial charge is 0.383 e. The number of nitrogens with two attached hydrogens (primary N) is 1. The van der Waals surface area contributed by atoms with Crippen LogP contribution in [0.25, 0.3) is 0 Å². The maximum Gasteiger partial charge on any atom is 0.0515 e. The first-order valence-electron chi connectivity index (χ1n) is 7.45. The van der Waals surface area contributed by atoms with Crippen molar-refractivity contribution in [1.82, 2.24) is 4.90 Å². The van der Waals surface area contributed by atoms with Gasteiger partial charge in [-0.1, -0.05) is 42.5 Å². The maximum absolute atomic E-state index is 5.57. The summed E-state index contributed by atoms with van der Waals surface area (Å²) in [6.07, 6.45) is 0.935. The van der Waals surface area contributed by atoms with Crippen LogP contribution in [0.5, 0.6) is 0 Å². The van der Waals surface area contributed by atoms with Gasteiger partial charge in [0.1, 0.15) is 0 Å². The summed E-state index contributed by atoms with van der Waals surface area (Å²) < 4.78 is 0. The van der Waals surface area contributed by atoms with E-state index >= 15 is 0 Å². The standard InChI is InChI=1S/C18H25N3/c1-21(2)18(16-6-4-3-5-7-16)14-20-17-10-8-15(9-11-17)12-13-19/h3-11,18,20H,12-14,19H2,1-2H3/t18-/m0/s1. The molecule has 2 rings (SSSR count). The molecular weight excluding hydrogens is 258 g/mol. The highest BCUT2D eigenvalue weighted by Crippen LogP contribution is 2.19. The van der Waals surface area contributed by atoms with Crippen LogP contribution in [0.4, 0.5) is 5.69 Å². The first-order chi connectivity index (χ1) is 10.2. The van der Waals surface area contributed by atoms with Crippen LogP contribution in [-0.2, 0) is 6.42 Å².